The zero-order valence-corrected chi connectivity index (χ0v) is 17.4. The fourth-order valence-electron chi connectivity index (χ4n) is 3.51. The summed E-state index contributed by atoms with van der Waals surface area (Å²) < 4.78 is 1.82. The van der Waals surface area contributed by atoms with Gasteiger partial charge < -0.3 is 10.2 Å². The van der Waals surface area contributed by atoms with Crippen LogP contribution < -0.4 is 5.32 Å². The SMILES string of the molecule is Cc1cccc(NC(=O)C2CCCN(C(=O)C(C)Sc3nnnn3C3CC3)C2)n1. The first-order valence-corrected chi connectivity index (χ1v) is 10.9. The van der Waals surface area contributed by atoms with Gasteiger partial charge in [-0.15, -0.1) is 5.10 Å². The summed E-state index contributed by atoms with van der Waals surface area (Å²) in [5.41, 5.74) is 0.850. The third-order valence-electron chi connectivity index (χ3n) is 5.23. The molecule has 2 unspecified atom stereocenters. The number of rotatable bonds is 6. The minimum Gasteiger partial charge on any atom is -0.341 e. The van der Waals surface area contributed by atoms with Crippen molar-refractivity contribution >= 4 is 29.4 Å². The molecule has 9 nitrogen and oxygen atoms in total. The third kappa shape index (κ3) is 4.75. The highest BCUT2D eigenvalue weighted by molar-refractivity contribution is 8.00. The fraction of sp³-hybridized carbons (Fsp3) is 0.579. The van der Waals surface area contributed by atoms with E-state index in [-0.39, 0.29) is 23.0 Å². The molecule has 2 amide bonds. The average molecular weight is 416 g/mol. The fourth-order valence-corrected chi connectivity index (χ4v) is 4.45. The summed E-state index contributed by atoms with van der Waals surface area (Å²) in [6, 6.07) is 5.89. The number of anilines is 1. The van der Waals surface area contributed by atoms with Crippen LogP contribution in [0, 0.1) is 12.8 Å². The second-order valence-corrected chi connectivity index (χ2v) is 8.98. The maximum atomic E-state index is 13.0. The standard InChI is InChI=1S/C19H25N7O2S/c1-12-5-3-7-16(20-12)21-17(27)14-6-4-10-25(11-14)18(28)13(2)29-19-22-23-24-26(19)15-8-9-15/h3,5,7,13-15H,4,6,8-11H2,1-2H3,(H,20,21,27). The first kappa shape index (κ1) is 19.8. The molecular formula is C19H25N7O2S. The van der Waals surface area contributed by atoms with Crippen LogP contribution in [-0.4, -0.2) is 60.2 Å². The lowest BCUT2D eigenvalue weighted by Gasteiger charge is -2.33. The van der Waals surface area contributed by atoms with Gasteiger partial charge in [0.15, 0.2) is 0 Å². The van der Waals surface area contributed by atoms with Gasteiger partial charge in [0.05, 0.1) is 17.2 Å². The molecule has 2 fully saturated rings. The zero-order valence-electron chi connectivity index (χ0n) is 16.6. The Bertz CT molecular complexity index is 898. The van der Waals surface area contributed by atoms with Crippen molar-refractivity contribution in [3.63, 3.8) is 0 Å². The van der Waals surface area contributed by atoms with Crippen molar-refractivity contribution in [1.29, 1.82) is 0 Å². The van der Waals surface area contributed by atoms with E-state index in [1.165, 1.54) is 11.8 Å². The zero-order chi connectivity index (χ0) is 20.4. The molecule has 4 rings (SSSR count). The summed E-state index contributed by atoms with van der Waals surface area (Å²) in [6.07, 6.45) is 3.74. The lowest BCUT2D eigenvalue weighted by atomic mass is 9.97. The van der Waals surface area contributed by atoms with Gasteiger partial charge in [-0.1, -0.05) is 17.8 Å². The van der Waals surface area contributed by atoms with Gasteiger partial charge in [0.2, 0.25) is 17.0 Å². The van der Waals surface area contributed by atoms with E-state index in [9.17, 15) is 9.59 Å². The van der Waals surface area contributed by atoms with Crippen molar-refractivity contribution < 1.29 is 9.59 Å². The highest BCUT2D eigenvalue weighted by Gasteiger charge is 2.33. The van der Waals surface area contributed by atoms with Gasteiger partial charge in [0.25, 0.3) is 0 Å². The Morgan fingerprint density at radius 3 is 2.86 bits per heavy atom. The van der Waals surface area contributed by atoms with Crippen molar-refractivity contribution in [3.8, 4) is 0 Å². The minimum atomic E-state index is -0.307. The molecule has 2 aromatic rings. The van der Waals surface area contributed by atoms with Gasteiger partial charge in [0.1, 0.15) is 5.82 Å². The van der Waals surface area contributed by atoms with Gasteiger partial charge in [-0.2, -0.15) is 0 Å². The second kappa shape index (κ2) is 8.48. The Labute approximate surface area is 173 Å². The number of nitrogens with one attached hydrogen (secondary N) is 1. The predicted molar refractivity (Wildman–Crippen MR) is 108 cm³/mol. The van der Waals surface area contributed by atoms with Crippen molar-refractivity contribution in [1.82, 2.24) is 30.1 Å². The number of piperidine rings is 1. The van der Waals surface area contributed by atoms with Crippen molar-refractivity contribution in [2.75, 3.05) is 18.4 Å². The van der Waals surface area contributed by atoms with Crippen LogP contribution in [0.2, 0.25) is 0 Å². The van der Waals surface area contributed by atoms with Crippen LogP contribution in [0.4, 0.5) is 5.82 Å². The molecule has 3 heterocycles. The topological polar surface area (TPSA) is 106 Å². The maximum Gasteiger partial charge on any atom is 0.235 e. The summed E-state index contributed by atoms with van der Waals surface area (Å²) in [6.45, 7) is 4.85. The monoisotopic (exact) mass is 415 g/mol. The summed E-state index contributed by atoms with van der Waals surface area (Å²) in [5.74, 6) is 0.253. The molecule has 1 aliphatic carbocycles. The third-order valence-corrected chi connectivity index (χ3v) is 6.26. The van der Waals surface area contributed by atoms with Crippen LogP contribution >= 0.6 is 11.8 Å². The van der Waals surface area contributed by atoms with Crippen LogP contribution in [-0.2, 0) is 9.59 Å². The molecule has 2 aromatic heterocycles. The second-order valence-electron chi connectivity index (χ2n) is 7.67. The number of aromatic nitrogens is 5. The average Bonchev–Trinajstić information content (AvgIpc) is 3.46. The molecule has 1 saturated carbocycles. The van der Waals surface area contributed by atoms with Crippen LogP contribution in [0.5, 0.6) is 0 Å². The number of carbonyl (C=O) groups is 2. The first-order chi connectivity index (χ1) is 14.0. The number of thioether (sulfide) groups is 1. The Morgan fingerprint density at radius 2 is 2.10 bits per heavy atom. The van der Waals surface area contributed by atoms with E-state index in [4.69, 9.17) is 0 Å². The molecule has 1 aliphatic heterocycles. The Balaban J connectivity index is 1.35. The van der Waals surface area contributed by atoms with E-state index in [0.717, 1.165) is 31.4 Å². The van der Waals surface area contributed by atoms with Crippen LogP contribution in [0.3, 0.4) is 0 Å². The molecule has 2 aliphatic rings. The number of hydrogen-bond donors (Lipinski definition) is 1. The summed E-state index contributed by atoms with van der Waals surface area (Å²) >= 11 is 1.39. The van der Waals surface area contributed by atoms with Crippen LogP contribution in [0.1, 0.15) is 44.3 Å². The molecule has 1 saturated heterocycles. The number of carbonyl (C=O) groups excluding carboxylic acids is 2. The van der Waals surface area contributed by atoms with E-state index in [0.29, 0.717) is 30.1 Å². The lowest BCUT2D eigenvalue weighted by molar-refractivity contribution is -0.133. The molecule has 0 bridgehead atoms. The van der Waals surface area contributed by atoms with Crippen molar-refractivity contribution in [3.05, 3.63) is 23.9 Å². The van der Waals surface area contributed by atoms with E-state index < -0.39 is 0 Å². The first-order valence-electron chi connectivity index (χ1n) is 9.99. The van der Waals surface area contributed by atoms with Crippen LogP contribution in [0.25, 0.3) is 0 Å². The van der Waals surface area contributed by atoms with Crippen molar-refractivity contribution in [2.45, 2.75) is 56.0 Å². The van der Waals surface area contributed by atoms with E-state index in [2.05, 4.69) is 25.8 Å². The predicted octanol–water partition coefficient (Wildman–Crippen LogP) is 2.07. The highest BCUT2D eigenvalue weighted by Crippen LogP contribution is 2.37. The Kier molecular flexibility index (Phi) is 5.79. The minimum absolute atomic E-state index is 0.0199. The van der Waals surface area contributed by atoms with Crippen LogP contribution in [0.15, 0.2) is 23.4 Å². The summed E-state index contributed by atoms with van der Waals surface area (Å²) in [7, 11) is 0. The molecule has 0 aromatic carbocycles. The largest absolute Gasteiger partial charge is 0.341 e. The molecule has 29 heavy (non-hydrogen) atoms. The molecule has 0 spiro atoms. The molecule has 10 heteroatoms. The van der Waals surface area contributed by atoms with Gasteiger partial charge in [-0.25, -0.2) is 9.67 Å². The summed E-state index contributed by atoms with van der Waals surface area (Å²) in [5, 5.41) is 15.1. The van der Waals surface area contributed by atoms with Gasteiger partial charge in [0, 0.05) is 18.8 Å². The number of tetrazole rings is 1. The number of likely N-dealkylation sites (tertiary alicyclic amines) is 1. The molecular weight excluding hydrogens is 390 g/mol. The van der Waals surface area contributed by atoms with E-state index in [1.807, 2.05) is 30.7 Å². The lowest BCUT2D eigenvalue weighted by Crippen LogP contribution is -2.46. The molecule has 154 valence electrons. The molecule has 2 atom stereocenters. The normalized spacial score (nSPS) is 20.3. The van der Waals surface area contributed by atoms with Gasteiger partial charge in [-0.05, 0) is 62.1 Å². The number of pyridine rings is 1. The summed E-state index contributed by atoms with van der Waals surface area (Å²) in [4.78, 5) is 31.8. The number of amides is 2. The molecule has 0 radical (unpaired) electrons. The number of hydrogen-bond acceptors (Lipinski definition) is 7. The van der Waals surface area contributed by atoms with Gasteiger partial charge in [-0.3, -0.25) is 9.59 Å². The van der Waals surface area contributed by atoms with E-state index in [1.54, 1.807) is 11.0 Å². The number of nitrogens with zero attached hydrogens (tertiary/aromatic N) is 6. The Morgan fingerprint density at radius 1 is 1.28 bits per heavy atom. The number of aryl methyl sites for hydroxylation is 1. The molecule has 1 N–H and O–H groups in total. The Hall–Kier alpha value is -2.49. The maximum absolute atomic E-state index is 13.0. The van der Waals surface area contributed by atoms with E-state index >= 15 is 0 Å². The van der Waals surface area contributed by atoms with Crippen molar-refractivity contribution in [2.24, 2.45) is 5.92 Å². The quantitative estimate of drug-likeness (QED) is 0.720. The highest BCUT2D eigenvalue weighted by atomic mass is 32.2. The smallest absolute Gasteiger partial charge is 0.235 e. The van der Waals surface area contributed by atoms with Gasteiger partial charge >= 0.3 is 0 Å².